The lowest BCUT2D eigenvalue weighted by atomic mass is 9.85. The van der Waals surface area contributed by atoms with E-state index in [1.165, 1.54) is 0 Å². The Labute approximate surface area is 112 Å². The maximum Gasteiger partial charge on any atom is 0.0814 e. The van der Waals surface area contributed by atoms with Gasteiger partial charge in [-0.05, 0) is 39.8 Å². The van der Waals surface area contributed by atoms with Gasteiger partial charge < -0.3 is 16.2 Å². The molecule has 1 rings (SSSR count). The number of hydrogen-bond donors (Lipinski definition) is 3. The maximum atomic E-state index is 10.1. The van der Waals surface area contributed by atoms with Gasteiger partial charge in [0, 0.05) is 0 Å². The molecule has 0 saturated carbocycles. The number of hydrogen-bond acceptors (Lipinski definition) is 3. The van der Waals surface area contributed by atoms with Crippen molar-refractivity contribution in [3.8, 4) is 0 Å². The highest BCUT2D eigenvalue weighted by molar-refractivity contribution is 6.42. The summed E-state index contributed by atoms with van der Waals surface area (Å²) in [6.45, 7) is 7.23. The smallest absolute Gasteiger partial charge is 0.0814 e. The van der Waals surface area contributed by atoms with Crippen LogP contribution in [0.4, 0.5) is 11.4 Å². The molecule has 0 aliphatic rings. The quantitative estimate of drug-likeness (QED) is 0.741. The van der Waals surface area contributed by atoms with E-state index in [0.717, 1.165) is 0 Å². The van der Waals surface area contributed by atoms with E-state index in [9.17, 15) is 5.11 Å². The average Bonchev–Trinajstić information content (AvgIpc) is 2.12. The number of aliphatic hydroxyl groups is 1. The third-order valence-corrected chi connectivity index (χ3v) is 3.79. The van der Waals surface area contributed by atoms with Gasteiger partial charge in [0.05, 0.1) is 32.6 Å². The van der Waals surface area contributed by atoms with Crippen LogP contribution in [0.3, 0.4) is 0 Å². The molecule has 0 radical (unpaired) electrons. The van der Waals surface area contributed by atoms with Crippen LogP contribution in [-0.4, -0.2) is 16.2 Å². The van der Waals surface area contributed by atoms with E-state index in [-0.39, 0.29) is 0 Å². The molecular formula is C12H18Cl2N2O. The summed E-state index contributed by atoms with van der Waals surface area (Å²) >= 11 is 11.8. The Morgan fingerprint density at radius 1 is 1.12 bits per heavy atom. The lowest BCUT2D eigenvalue weighted by Crippen LogP contribution is -2.51. The van der Waals surface area contributed by atoms with Crippen LogP contribution in [0.1, 0.15) is 27.7 Å². The molecule has 0 amide bonds. The van der Waals surface area contributed by atoms with Gasteiger partial charge >= 0.3 is 0 Å². The van der Waals surface area contributed by atoms with Crippen LogP contribution in [0.5, 0.6) is 0 Å². The number of benzene rings is 1. The Morgan fingerprint density at radius 2 is 1.59 bits per heavy atom. The molecule has 0 fully saturated rings. The van der Waals surface area contributed by atoms with Crippen molar-refractivity contribution in [3.63, 3.8) is 0 Å². The lowest BCUT2D eigenvalue weighted by Gasteiger charge is -2.39. The van der Waals surface area contributed by atoms with Crippen LogP contribution in [0.15, 0.2) is 12.1 Å². The van der Waals surface area contributed by atoms with Crippen LogP contribution in [-0.2, 0) is 0 Å². The first-order valence-corrected chi connectivity index (χ1v) is 6.05. The SMILES string of the molecule is CC(C)(O)C(C)(C)Nc1cc(Cl)c(Cl)cc1N. The molecule has 0 aliphatic heterocycles. The fourth-order valence-electron chi connectivity index (χ4n) is 1.16. The van der Waals surface area contributed by atoms with Crippen LogP contribution in [0.2, 0.25) is 10.0 Å². The fourth-order valence-corrected chi connectivity index (χ4v) is 1.50. The van der Waals surface area contributed by atoms with Gasteiger partial charge in [0.25, 0.3) is 0 Å². The molecule has 96 valence electrons. The van der Waals surface area contributed by atoms with E-state index in [1.807, 2.05) is 13.8 Å². The second kappa shape index (κ2) is 4.56. The summed E-state index contributed by atoms with van der Waals surface area (Å²) in [5, 5.41) is 14.1. The minimum absolute atomic E-state index is 0.413. The lowest BCUT2D eigenvalue weighted by molar-refractivity contribution is 0.0241. The Morgan fingerprint density at radius 3 is 2.06 bits per heavy atom. The summed E-state index contributed by atoms with van der Waals surface area (Å²) in [7, 11) is 0. The molecule has 1 aromatic carbocycles. The Hall–Kier alpha value is -0.640. The van der Waals surface area contributed by atoms with E-state index < -0.39 is 11.1 Å². The van der Waals surface area contributed by atoms with Gasteiger partial charge in [0.1, 0.15) is 0 Å². The predicted molar refractivity (Wildman–Crippen MR) is 74.9 cm³/mol. The molecule has 4 N–H and O–H groups in total. The summed E-state index contributed by atoms with van der Waals surface area (Å²) in [6.07, 6.45) is 0. The zero-order chi connectivity index (χ0) is 13.4. The predicted octanol–water partition coefficient (Wildman–Crippen LogP) is 3.54. The van der Waals surface area contributed by atoms with Gasteiger partial charge in [0.2, 0.25) is 0 Å². The van der Waals surface area contributed by atoms with E-state index in [4.69, 9.17) is 28.9 Å². The van der Waals surface area contributed by atoms with E-state index in [0.29, 0.717) is 21.4 Å². The number of halogens is 2. The highest BCUT2D eigenvalue weighted by atomic mass is 35.5. The van der Waals surface area contributed by atoms with Gasteiger partial charge in [-0.1, -0.05) is 23.2 Å². The van der Waals surface area contributed by atoms with Crippen LogP contribution >= 0.6 is 23.2 Å². The van der Waals surface area contributed by atoms with Gasteiger partial charge in [-0.3, -0.25) is 0 Å². The van der Waals surface area contributed by atoms with Crippen molar-refractivity contribution in [1.29, 1.82) is 0 Å². The summed E-state index contributed by atoms with van der Waals surface area (Å²) in [4.78, 5) is 0. The number of nitrogen functional groups attached to an aromatic ring is 1. The summed E-state index contributed by atoms with van der Waals surface area (Å²) in [5.41, 5.74) is 5.54. The highest BCUT2D eigenvalue weighted by Crippen LogP contribution is 2.34. The number of rotatable bonds is 3. The number of anilines is 2. The summed E-state index contributed by atoms with van der Waals surface area (Å²) in [6, 6.07) is 3.25. The van der Waals surface area contributed by atoms with Gasteiger partial charge in [-0.25, -0.2) is 0 Å². The second-order valence-corrected chi connectivity index (χ2v) is 5.98. The Kier molecular flexibility index (Phi) is 3.87. The van der Waals surface area contributed by atoms with E-state index in [2.05, 4.69) is 5.32 Å². The molecule has 0 saturated heterocycles. The number of nitrogens with two attached hydrogens (primary N) is 1. The molecule has 5 heteroatoms. The molecule has 0 aromatic heterocycles. The Bertz CT molecular complexity index is 425. The summed E-state index contributed by atoms with van der Waals surface area (Å²) < 4.78 is 0. The molecular weight excluding hydrogens is 259 g/mol. The standard InChI is InChI=1S/C12H18Cl2N2O/c1-11(2,12(3,4)17)16-10-6-8(14)7(13)5-9(10)15/h5-6,16-17H,15H2,1-4H3. The van der Waals surface area contributed by atoms with Crippen molar-refractivity contribution < 1.29 is 5.11 Å². The minimum atomic E-state index is -0.911. The van der Waals surface area contributed by atoms with Crippen molar-refractivity contribution in [2.75, 3.05) is 11.1 Å². The topological polar surface area (TPSA) is 58.3 Å². The third-order valence-electron chi connectivity index (χ3n) is 3.07. The summed E-state index contributed by atoms with van der Waals surface area (Å²) in [5.74, 6) is 0. The zero-order valence-corrected chi connectivity index (χ0v) is 11.9. The van der Waals surface area contributed by atoms with Gasteiger partial charge in [-0.2, -0.15) is 0 Å². The molecule has 0 aliphatic carbocycles. The minimum Gasteiger partial charge on any atom is -0.397 e. The fraction of sp³-hybridized carbons (Fsp3) is 0.500. The maximum absolute atomic E-state index is 10.1. The molecule has 0 spiro atoms. The van der Waals surface area contributed by atoms with Crippen molar-refractivity contribution in [1.82, 2.24) is 0 Å². The van der Waals surface area contributed by atoms with Crippen LogP contribution < -0.4 is 11.1 Å². The van der Waals surface area contributed by atoms with E-state index in [1.54, 1.807) is 26.0 Å². The monoisotopic (exact) mass is 276 g/mol. The van der Waals surface area contributed by atoms with Gasteiger partial charge in [-0.15, -0.1) is 0 Å². The van der Waals surface area contributed by atoms with Crippen molar-refractivity contribution in [3.05, 3.63) is 22.2 Å². The highest BCUT2D eigenvalue weighted by Gasteiger charge is 2.35. The largest absolute Gasteiger partial charge is 0.397 e. The zero-order valence-electron chi connectivity index (χ0n) is 10.4. The van der Waals surface area contributed by atoms with Crippen LogP contribution in [0, 0.1) is 0 Å². The normalized spacial score (nSPS) is 12.6. The van der Waals surface area contributed by atoms with Crippen molar-refractivity contribution >= 4 is 34.6 Å². The Balaban J connectivity index is 3.08. The molecule has 17 heavy (non-hydrogen) atoms. The molecule has 0 unspecified atom stereocenters. The molecule has 0 bridgehead atoms. The first-order chi connectivity index (χ1) is 7.54. The third kappa shape index (κ3) is 3.18. The molecule has 0 atom stereocenters. The molecule has 0 heterocycles. The second-order valence-electron chi connectivity index (χ2n) is 5.16. The average molecular weight is 277 g/mol. The molecule has 1 aromatic rings. The van der Waals surface area contributed by atoms with Crippen molar-refractivity contribution in [2.24, 2.45) is 0 Å². The van der Waals surface area contributed by atoms with Crippen LogP contribution in [0.25, 0.3) is 0 Å². The van der Waals surface area contributed by atoms with Crippen molar-refractivity contribution in [2.45, 2.75) is 38.8 Å². The molecule has 3 nitrogen and oxygen atoms in total. The van der Waals surface area contributed by atoms with Gasteiger partial charge in [0.15, 0.2) is 0 Å². The first-order valence-electron chi connectivity index (χ1n) is 5.29. The first kappa shape index (κ1) is 14.4. The van der Waals surface area contributed by atoms with E-state index >= 15 is 0 Å². The number of nitrogens with one attached hydrogen (secondary N) is 1.